The van der Waals surface area contributed by atoms with E-state index in [1.54, 1.807) is 11.8 Å². The Balaban J connectivity index is 2.65. The van der Waals surface area contributed by atoms with E-state index in [1.807, 2.05) is 24.3 Å². The van der Waals surface area contributed by atoms with Gasteiger partial charge in [0.15, 0.2) is 0 Å². The van der Waals surface area contributed by atoms with Gasteiger partial charge in [-0.05, 0) is 30.5 Å². The van der Waals surface area contributed by atoms with Crippen LogP contribution in [0.4, 0.5) is 0 Å². The zero-order valence-electron chi connectivity index (χ0n) is 17.5. The summed E-state index contributed by atoms with van der Waals surface area (Å²) in [5.41, 5.74) is 1.07. The number of ether oxygens (including phenoxy) is 1. The molecule has 0 fully saturated rings. The highest BCUT2D eigenvalue weighted by molar-refractivity contribution is 7.79. The van der Waals surface area contributed by atoms with Gasteiger partial charge in [-0.15, -0.1) is 0 Å². The number of hydrogen-bond donors (Lipinski definition) is 7. The van der Waals surface area contributed by atoms with Crippen LogP contribution >= 0.6 is 12.6 Å². The van der Waals surface area contributed by atoms with Crippen molar-refractivity contribution in [3.8, 4) is 5.75 Å². The molecule has 0 aliphatic carbocycles. The van der Waals surface area contributed by atoms with Crippen molar-refractivity contribution < 1.29 is 35.4 Å². The van der Waals surface area contributed by atoms with Crippen molar-refractivity contribution in [2.24, 2.45) is 0 Å². The molecule has 1 aromatic carbocycles. The molecule has 0 aromatic heterocycles. The largest absolute Gasteiger partial charge is 0.492 e. The first-order chi connectivity index (χ1) is 14.3. The lowest BCUT2D eigenvalue weighted by Gasteiger charge is -2.30. The van der Waals surface area contributed by atoms with E-state index < -0.39 is 30.5 Å². The minimum Gasteiger partial charge on any atom is -0.492 e. The van der Waals surface area contributed by atoms with Crippen molar-refractivity contribution in [1.29, 1.82) is 0 Å². The van der Waals surface area contributed by atoms with Crippen LogP contribution < -0.4 is 4.74 Å². The standard InChI is InChI=1S/C21H37NO7S/c1-2-19(26)21(28)20(27)13-22(12-17(25)11-16(24)7-9-23)8-10-29-18-5-3-15(14-30)4-6-18/h3-6,16-17,19-21,23-28,30H,2,7-14H2,1H3. The molecule has 0 saturated carbocycles. The number of nitrogens with zero attached hydrogens (tertiary/aromatic N) is 1. The molecule has 9 heteroatoms. The van der Waals surface area contributed by atoms with Gasteiger partial charge in [0.25, 0.3) is 0 Å². The van der Waals surface area contributed by atoms with Crippen LogP contribution in [-0.2, 0) is 5.75 Å². The first kappa shape index (κ1) is 27.1. The normalized spacial score (nSPS) is 16.8. The maximum Gasteiger partial charge on any atom is 0.119 e. The molecule has 0 aliphatic rings. The summed E-state index contributed by atoms with van der Waals surface area (Å²) in [5, 5.41) is 59.0. The van der Waals surface area contributed by atoms with Crippen LogP contribution in [0.1, 0.15) is 31.7 Å². The van der Waals surface area contributed by atoms with Crippen molar-refractivity contribution >= 4 is 12.6 Å². The summed E-state index contributed by atoms with van der Waals surface area (Å²) in [6, 6.07) is 7.51. The van der Waals surface area contributed by atoms with Crippen molar-refractivity contribution in [2.45, 2.75) is 62.5 Å². The number of aliphatic hydroxyl groups is 6. The smallest absolute Gasteiger partial charge is 0.119 e. The first-order valence-corrected chi connectivity index (χ1v) is 11.0. The number of rotatable bonds is 16. The topological polar surface area (TPSA) is 134 Å². The van der Waals surface area contributed by atoms with Crippen LogP contribution in [-0.4, -0.2) is 98.9 Å². The monoisotopic (exact) mass is 447 g/mol. The van der Waals surface area contributed by atoms with Crippen LogP contribution in [0.15, 0.2) is 24.3 Å². The summed E-state index contributed by atoms with van der Waals surface area (Å²) in [5.74, 6) is 1.32. The highest BCUT2D eigenvalue weighted by Crippen LogP contribution is 2.14. The lowest BCUT2D eigenvalue weighted by Crippen LogP contribution is -2.47. The minimum absolute atomic E-state index is 0.0212. The Hall–Kier alpha value is -0.910. The quantitative estimate of drug-likeness (QED) is 0.173. The van der Waals surface area contributed by atoms with Crippen LogP contribution in [0.5, 0.6) is 5.75 Å². The molecule has 30 heavy (non-hydrogen) atoms. The molecule has 0 saturated heterocycles. The predicted molar refractivity (Wildman–Crippen MR) is 118 cm³/mol. The van der Waals surface area contributed by atoms with Crippen molar-refractivity contribution in [3.63, 3.8) is 0 Å². The first-order valence-electron chi connectivity index (χ1n) is 10.4. The molecular weight excluding hydrogens is 410 g/mol. The minimum atomic E-state index is -1.30. The summed E-state index contributed by atoms with van der Waals surface area (Å²) in [6.45, 7) is 2.33. The zero-order valence-corrected chi connectivity index (χ0v) is 18.4. The predicted octanol–water partition coefficient (Wildman–Crippen LogP) is -0.216. The van der Waals surface area contributed by atoms with E-state index >= 15 is 0 Å². The van der Waals surface area contributed by atoms with Crippen molar-refractivity contribution in [1.82, 2.24) is 4.90 Å². The van der Waals surface area contributed by atoms with Gasteiger partial charge in [0.1, 0.15) is 18.5 Å². The molecule has 5 atom stereocenters. The highest BCUT2D eigenvalue weighted by atomic mass is 32.1. The average Bonchev–Trinajstić information content (AvgIpc) is 2.72. The Kier molecular flexibility index (Phi) is 13.5. The van der Waals surface area contributed by atoms with Crippen molar-refractivity contribution in [2.75, 3.05) is 32.8 Å². The Labute approximate surface area is 184 Å². The molecule has 1 aromatic rings. The fraction of sp³-hybridized carbons (Fsp3) is 0.714. The van der Waals surface area contributed by atoms with E-state index in [0.29, 0.717) is 24.5 Å². The lowest BCUT2D eigenvalue weighted by molar-refractivity contribution is -0.0737. The second kappa shape index (κ2) is 15.0. The molecule has 0 spiro atoms. The maximum atomic E-state index is 10.3. The zero-order chi connectivity index (χ0) is 22.5. The van der Waals surface area contributed by atoms with E-state index in [0.717, 1.165) is 5.56 Å². The van der Waals surface area contributed by atoms with E-state index in [9.17, 15) is 25.5 Å². The molecular formula is C21H37NO7S. The van der Waals surface area contributed by atoms with Gasteiger partial charge in [-0.3, -0.25) is 4.90 Å². The SMILES string of the molecule is CCC(O)C(O)C(O)CN(CCOc1ccc(CS)cc1)CC(O)CC(O)CCO. The Morgan fingerprint density at radius 3 is 2.20 bits per heavy atom. The highest BCUT2D eigenvalue weighted by Gasteiger charge is 2.26. The maximum absolute atomic E-state index is 10.3. The number of aliphatic hydroxyl groups excluding tert-OH is 6. The van der Waals surface area contributed by atoms with Crippen LogP contribution in [0.2, 0.25) is 0 Å². The summed E-state index contributed by atoms with van der Waals surface area (Å²) in [7, 11) is 0. The second-order valence-electron chi connectivity index (χ2n) is 7.50. The van der Waals surface area contributed by atoms with E-state index in [2.05, 4.69) is 12.6 Å². The van der Waals surface area contributed by atoms with E-state index in [-0.39, 0.29) is 39.1 Å². The molecule has 1 rings (SSSR count). The third-order valence-electron chi connectivity index (χ3n) is 4.91. The van der Waals surface area contributed by atoms with Crippen molar-refractivity contribution in [3.05, 3.63) is 29.8 Å². The van der Waals surface area contributed by atoms with Gasteiger partial charge in [-0.2, -0.15) is 12.6 Å². The summed E-state index contributed by atoms with van der Waals surface area (Å²) in [4.78, 5) is 1.72. The van der Waals surface area contributed by atoms with Gasteiger partial charge in [-0.1, -0.05) is 19.1 Å². The van der Waals surface area contributed by atoms with Gasteiger partial charge in [-0.25, -0.2) is 0 Å². The molecule has 0 aliphatic heterocycles. The molecule has 5 unspecified atom stereocenters. The van der Waals surface area contributed by atoms with Crippen LogP contribution in [0, 0.1) is 0 Å². The van der Waals surface area contributed by atoms with Crippen LogP contribution in [0.3, 0.4) is 0 Å². The molecule has 6 N–H and O–H groups in total. The summed E-state index contributed by atoms with van der Waals surface area (Å²) in [6.07, 6.45) is -4.70. The molecule has 0 radical (unpaired) electrons. The summed E-state index contributed by atoms with van der Waals surface area (Å²) < 4.78 is 5.72. The van der Waals surface area contributed by atoms with Gasteiger partial charge >= 0.3 is 0 Å². The van der Waals surface area contributed by atoms with E-state index in [1.165, 1.54) is 0 Å². The Morgan fingerprint density at radius 2 is 1.63 bits per heavy atom. The molecule has 0 heterocycles. The number of benzene rings is 1. The van der Waals surface area contributed by atoms with Gasteiger partial charge < -0.3 is 35.4 Å². The molecule has 174 valence electrons. The third kappa shape index (κ3) is 10.4. The van der Waals surface area contributed by atoms with E-state index in [4.69, 9.17) is 9.84 Å². The molecule has 8 nitrogen and oxygen atoms in total. The van der Waals surface area contributed by atoms with Gasteiger partial charge in [0.05, 0.1) is 24.4 Å². The number of thiol groups is 1. The lowest BCUT2D eigenvalue weighted by atomic mass is 10.0. The molecule has 0 amide bonds. The van der Waals surface area contributed by atoms with Gasteiger partial charge in [0.2, 0.25) is 0 Å². The summed E-state index contributed by atoms with van der Waals surface area (Å²) >= 11 is 4.21. The van der Waals surface area contributed by atoms with Crippen LogP contribution in [0.25, 0.3) is 0 Å². The fourth-order valence-corrected chi connectivity index (χ4v) is 3.28. The Morgan fingerprint density at radius 1 is 0.967 bits per heavy atom. The number of hydrogen-bond acceptors (Lipinski definition) is 9. The van der Waals surface area contributed by atoms with Gasteiger partial charge in [0, 0.05) is 38.4 Å². The second-order valence-corrected chi connectivity index (χ2v) is 7.82. The Bertz CT molecular complexity index is 563. The average molecular weight is 448 g/mol. The molecule has 0 bridgehead atoms. The third-order valence-corrected chi connectivity index (χ3v) is 5.27. The fourth-order valence-electron chi connectivity index (χ4n) is 3.06.